The van der Waals surface area contributed by atoms with Gasteiger partial charge in [-0.3, -0.25) is 27.9 Å². The third kappa shape index (κ3) is 5.93. The minimum atomic E-state index is -4.37. The van der Waals surface area contributed by atoms with Gasteiger partial charge in [-0.2, -0.15) is 4.98 Å². The fourth-order valence-corrected chi connectivity index (χ4v) is 8.69. The second-order valence-electron chi connectivity index (χ2n) is 10.5. The second-order valence-corrected chi connectivity index (χ2v) is 16.9. The molecule has 6 N–H and O–H groups in total. The molecule has 18 nitrogen and oxygen atoms in total. The van der Waals surface area contributed by atoms with Crippen molar-refractivity contribution in [2.75, 3.05) is 18.9 Å². The Hall–Kier alpha value is -1.71. The normalized spacial score (nSPS) is 37.2. The van der Waals surface area contributed by atoms with Gasteiger partial charge in [-0.25, -0.2) is 14.5 Å². The smallest absolute Gasteiger partial charge is 0.386 e. The van der Waals surface area contributed by atoms with Crippen LogP contribution in [0.3, 0.4) is 0 Å². The number of ether oxygens (including phenoxy) is 2. The number of nitrogens with one attached hydrogen (secondary N) is 1. The SMILES string of the molecule is Nc1nc2c(ncn2C2OC3COP(O)(=S)OC4C(COP(=O)(S)OC2C3O)OC(n2cnc3cc(Cl)c(Cl)cc32)C4O)c(=O)[nH]1. The van der Waals surface area contributed by atoms with Gasteiger partial charge >= 0.3 is 13.5 Å². The highest BCUT2D eigenvalue weighted by atomic mass is 35.5. The van der Waals surface area contributed by atoms with Gasteiger partial charge in [-0.1, -0.05) is 35.5 Å². The number of nitrogen functional groups attached to an aromatic ring is 1. The van der Waals surface area contributed by atoms with Crippen molar-refractivity contribution in [1.82, 2.24) is 29.1 Å². The molecule has 3 aliphatic rings. The summed E-state index contributed by atoms with van der Waals surface area (Å²) >= 11 is 21.6. The van der Waals surface area contributed by atoms with Crippen molar-refractivity contribution in [2.24, 2.45) is 0 Å². The molecule has 1 aromatic carbocycles. The van der Waals surface area contributed by atoms with E-state index in [4.69, 9.17) is 68.3 Å². The lowest BCUT2D eigenvalue weighted by atomic mass is 10.1. The first-order valence-corrected chi connectivity index (χ1v) is 19.3. The summed E-state index contributed by atoms with van der Waals surface area (Å²) in [7, 11) is 0. The third-order valence-electron chi connectivity index (χ3n) is 7.55. The molecule has 7 rings (SSSR count). The van der Waals surface area contributed by atoms with Crippen LogP contribution in [0, 0.1) is 0 Å². The first-order chi connectivity index (χ1) is 21.7. The molecule has 3 aromatic heterocycles. The molecule has 0 aliphatic carbocycles. The molecule has 0 saturated carbocycles. The van der Waals surface area contributed by atoms with Crippen molar-refractivity contribution >= 4 is 88.9 Å². The van der Waals surface area contributed by atoms with E-state index in [1.54, 1.807) is 0 Å². The molecule has 0 radical (unpaired) electrons. The Morgan fingerprint density at radius 2 is 1.70 bits per heavy atom. The van der Waals surface area contributed by atoms with E-state index in [0.717, 1.165) is 0 Å². The number of thiol groups is 1. The Morgan fingerprint density at radius 3 is 2.48 bits per heavy atom. The predicted octanol–water partition coefficient (Wildman–Crippen LogP) is 1.65. The number of hydrogen-bond donors (Lipinski definition) is 6. The predicted molar refractivity (Wildman–Crippen MR) is 167 cm³/mol. The summed E-state index contributed by atoms with van der Waals surface area (Å²) in [5, 5.41) is 23.0. The summed E-state index contributed by atoms with van der Waals surface area (Å²) < 4.78 is 50.8. The maximum atomic E-state index is 13.6. The van der Waals surface area contributed by atoms with Crippen LogP contribution in [-0.2, 0) is 43.9 Å². The van der Waals surface area contributed by atoms with Crippen LogP contribution in [0.1, 0.15) is 12.5 Å². The van der Waals surface area contributed by atoms with Crippen molar-refractivity contribution < 1.29 is 47.2 Å². The zero-order valence-corrected chi connectivity index (χ0v) is 27.8. The van der Waals surface area contributed by atoms with E-state index in [0.29, 0.717) is 11.0 Å². The summed E-state index contributed by atoms with van der Waals surface area (Å²) in [6.45, 7) is -9.66. The number of anilines is 1. The molecule has 3 saturated heterocycles. The molecular formula is C22H23Cl2N7O11P2S2. The Bertz CT molecular complexity index is 2000. The van der Waals surface area contributed by atoms with Gasteiger partial charge in [0, 0.05) is 0 Å². The number of aromatic nitrogens is 6. The van der Waals surface area contributed by atoms with Crippen molar-refractivity contribution in [3.05, 3.63) is 45.2 Å². The summed E-state index contributed by atoms with van der Waals surface area (Å²) in [6.07, 6.45) is -8.30. The molecular weight excluding hydrogens is 735 g/mol. The van der Waals surface area contributed by atoms with Gasteiger partial charge in [0.1, 0.15) is 36.6 Å². The first kappa shape index (κ1) is 32.8. The third-order valence-corrected chi connectivity index (χ3v) is 11.4. The zero-order chi connectivity index (χ0) is 32.7. The van der Waals surface area contributed by atoms with E-state index in [-0.39, 0.29) is 27.2 Å². The van der Waals surface area contributed by atoms with E-state index in [2.05, 4.69) is 32.2 Å². The molecule has 6 heterocycles. The lowest BCUT2D eigenvalue weighted by Gasteiger charge is -2.27. The molecule has 2 bridgehead atoms. The van der Waals surface area contributed by atoms with E-state index in [1.807, 2.05) is 0 Å². The van der Waals surface area contributed by atoms with Gasteiger partial charge in [0.05, 0.1) is 46.9 Å². The number of nitrogens with zero attached hydrogens (tertiary/aromatic N) is 5. The number of aliphatic hydroxyl groups excluding tert-OH is 2. The standard InChI is InChI=1S/C22H23Cl2N7O11P2S2/c23-7-1-9-10(2-8(7)24)30(5-26-9)20-15(33)16-12(40-20)4-38-44(36,46)42-17-14(32)11(3-37-43(35,45)41-16)39-21(17)31-6-27-13-18(31)28-22(25)29-19(13)34/h1-2,5-6,11-12,14-17,20-21,32-33H,3-4H2,(H,35,45)(H,36,46)(H3,25,28,29,34). The van der Waals surface area contributed by atoms with E-state index in [9.17, 15) is 24.5 Å². The van der Waals surface area contributed by atoms with Crippen LogP contribution in [0.2, 0.25) is 10.0 Å². The summed E-state index contributed by atoms with van der Waals surface area (Å²) in [5.41, 5.74) is 5.85. The van der Waals surface area contributed by atoms with Crippen LogP contribution < -0.4 is 11.3 Å². The second kappa shape index (κ2) is 12.0. The molecule has 10 atom stereocenters. The number of nitrogens with two attached hydrogens (primary N) is 1. The van der Waals surface area contributed by atoms with E-state index < -0.39 is 81.4 Å². The average Bonchev–Trinajstić information content (AvgIpc) is 3.72. The summed E-state index contributed by atoms with van der Waals surface area (Å²) in [6, 6.07) is 3.07. The monoisotopic (exact) mass is 757 g/mol. The molecule has 4 aromatic rings. The van der Waals surface area contributed by atoms with Crippen molar-refractivity contribution in [2.45, 2.75) is 49.1 Å². The highest BCUT2D eigenvalue weighted by Gasteiger charge is 2.53. The minimum absolute atomic E-state index is 0.0296. The van der Waals surface area contributed by atoms with Gasteiger partial charge in [-0.05, 0) is 23.9 Å². The van der Waals surface area contributed by atoms with Gasteiger partial charge in [0.2, 0.25) is 5.95 Å². The maximum Gasteiger partial charge on any atom is 0.386 e. The Labute approximate surface area is 277 Å². The van der Waals surface area contributed by atoms with Gasteiger partial charge in [0.15, 0.2) is 23.6 Å². The van der Waals surface area contributed by atoms with Gasteiger partial charge < -0.3 is 39.4 Å². The molecule has 24 heteroatoms. The summed E-state index contributed by atoms with van der Waals surface area (Å²) in [4.78, 5) is 38.1. The van der Waals surface area contributed by atoms with E-state index >= 15 is 0 Å². The number of imidazole rings is 2. The maximum absolute atomic E-state index is 13.6. The van der Waals surface area contributed by atoms with Crippen LogP contribution in [-0.4, -0.2) is 94.0 Å². The number of hydrogen-bond acceptors (Lipinski definition) is 15. The minimum Gasteiger partial charge on any atom is -0.387 e. The molecule has 248 valence electrons. The fraction of sp³-hybridized carbons (Fsp3) is 0.455. The number of H-pyrrole nitrogens is 1. The fourth-order valence-electron chi connectivity index (χ4n) is 5.47. The van der Waals surface area contributed by atoms with Gasteiger partial charge in [-0.15, -0.1) is 0 Å². The first-order valence-electron chi connectivity index (χ1n) is 13.2. The van der Waals surface area contributed by atoms with Crippen LogP contribution in [0.25, 0.3) is 22.2 Å². The Morgan fingerprint density at radius 1 is 1.00 bits per heavy atom. The zero-order valence-electron chi connectivity index (χ0n) is 22.8. The highest BCUT2D eigenvalue weighted by Crippen LogP contribution is 2.58. The molecule has 0 spiro atoms. The van der Waals surface area contributed by atoms with Crippen LogP contribution in [0.4, 0.5) is 5.95 Å². The average molecular weight is 758 g/mol. The number of aromatic amines is 1. The largest absolute Gasteiger partial charge is 0.387 e. The number of benzene rings is 1. The lowest BCUT2D eigenvalue weighted by molar-refractivity contribution is -0.0587. The van der Waals surface area contributed by atoms with Crippen molar-refractivity contribution in [3.63, 3.8) is 0 Å². The van der Waals surface area contributed by atoms with Crippen LogP contribution in [0.5, 0.6) is 0 Å². The van der Waals surface area contributed by atoms with Gasteiger partial charge in [0.25, 0.3) is 5.56 Å². The lowest BCUT2D eigenvalue weighted by Crippen LogP contribution is -2.36. The molecule has 3 aliphatic heterocycles. The molecule has 46 heavy (non-hydrogen) atoms. The van der Waals surface area contributed by atoms with Crippen LogP contribution in [0.15, 0.2) is 29.6 Å². The van der Waals surface area contributed by atoms with Crippen LogP contribution >= 0.6 is 49.0 Å². The quantitative estimate of drug-likeness (QED) is 0.126. The Balaban J connectivity index is 1.21. The molecule has 0 amide bonds. The highest BCUT2D eigenvalue weighted by molar-refractivity contribution is 8.44. The number of fused-ring (bicyclic) bond motifs is 5. The topological polar surface area (TPSA) is 241 Å². The molecule has 3 fully saturated rings. The van der Waals surface area contributed by atoms with Crippen molar-refractivity contribution in [1.29, 1.82) is 0 Å². The summed E-state index contributed by atoms with van der Waals surface area (Å²) in [5.74, 6) is -0.221. The van der Waals surface area contributed by atoms with E-state index in [1.165, 1.54) is 33.9 Å². The molecule has 10 unspecified atom stereocenters. The number of halogens is 2. The number of rotatable bonds is 2. The van der Waals surface area contributed by atoms with Crippen molar-refractivity contribution in [3.8, 4) is 0 Å². The Kier molecular flexibility index (Phi) is 8.57. The number of aliphatic hydroxyl groups is 2.